The Morgan fingerprint density at radius 3 is 2.58 bits per heavy atom. The Morgan fingerprint density at radius 1 is 1.18 bits per heavy atom. The van der Waals surface area contributed by atoms with Crippen LogP contribution in [0.4, 0.5) is 0 Å². The molecule has 0 spiro atoms. The lowest BCUT2D eigenvalue weighted by molar-refractivity contribution is -0.126. The van der Waals surface area contributed by atoms with Gasteiger partial charge in [0.15, 0.2) is 5.76 Å². The van der Waals surface area contributed by atoms with Gasteiger partial charge in [-0.1, -0.05) is 35.5 Å². The fraction of sp³-hybridized carbons (Fsp3) is 0.565. The molecule has 2 fully saturated rings. The molecule has 0 bridgehead atoms. The smallest absolute Gasteiger partial charge is 0.248 e. The molecule has 2 unspecified atom stereocenters. The first-order valence-corrected chi connectivity index (χ1v) is 12.9. The minimum atomic E-state index is -3.76. The fourth-order valence-electron chi connectivity index (χ4n) is 4.71. The molecule has 10 heteroatoms. The quantitative estimate of drug-likeness (QED) is 0.651. The highest BCUT2D eigenvalue weighted by Gasteiger charge is 2.36. The molecule has 1 amide bonds. The van der Waals surface area contributed by atoms with Gasteiger partial charge in [0.25, 0.3) is 0 Å². The zero-order valence-electron chi connectivity index (χ0n) is 19.2. The monoisotopic (exact) mass is 476 g/mol. The molecular formula is C23H32N4O5S. The molecule has 2 saturated heterocycles. The van der Waals surface area contributed by atoms with Crippen LogP contribution in [0.15, 0.2) is 39.8 Å². The molecule has 1 N–H and O–H groups in total. The van der Waals surface area contributed by atoms with Gasteiger partial charge in [-0.2, -0.15) is 4.31 Å². The molecule has 0 radical (unpaired) electrons. The second-order valence-electron chi connectivity index (χ2n) is 8.68. The molecule has 33 heavy (non-hydrogen) atoms. The van der Waals surface area contributed by atoms with Gasteiger partial charge in [-0.25, -0.2) is 8.42 Å². The Kier molecular flexibility index (Phi) is 7.48. The molecular weight excluding hydrogens is 444 g/mol. The summed E-state index contributed by atoms with van der Waals surface area (Å²) >= 11 is 0. The van der Waals surface area contributed by atoms with Gasteiger partial charge in [0.2, 0.25) is 15.9 Å². The van der Waals surface area contributed by atoms with Crippen LogP contribution in [0.3, 0.4) is 0 Å². The van der Waals surface area contributed by atoms with Crippen molar-refractivity contribution >= 4 is 15.9 Å². The Morgan fingerprint density at radius 2 is 1.91 bits per heavy atom. The summed E-state index contributed by atoms with van der Waals surface area (Å²) in [5.41, 5.74) is 1.49. The van der Waals surface area contributed by atoms with Crippen LogP contribution < -0.4 is 5.32 Å². The van der Waals surface area contributed by atoms with Crippen molar-refractivity contribution in [1.29, 1.82) is 0 Å². The molecule has 1 aromatic heterocycles. The highest BCUT2D eigenvalue weighted by Crippen LogP contribution is 2.28. The minimum absolute atomic E-state index is 0.0461. The standard InChI is InChI=1S/C23H32N4O5S/c1-17-22(18(2)32-25-17)33(29,30)27-10-6-9-20(16-27)23(28)24-15-21(19-7-4-3-5-8-19)26-11-13-31-14-12-26/h3-5,7-8,20-21H,6,9-16H2,1-2H3,(H,24,28). The van der Waals surface area contributed by atoms with E-state index in [4.69, 9.17) is 9.26 Å². The van der Waals surface area contributed by atoms with Crippen molar-refractivity contribution in [2.24, 2.45) is 5.92 Å². The summed E-state index contributed by atoms with van der Waals surface area (Å²) in [7, 11) is -3.76. The van der Waals surface area contributed by atoms with Gasteiger partial charge in [0.05, 0.1) is 25.2 Å². The number of carbonyl (C=O) groups is 1. The van der Waals surface area contributed by atoms with E-state index in [0.717, 1.165) is 18.7 Å². The predicted molar refractivity (Wildman–Crippen MR) is 122 cm³/mol. The third kappa shape index (κ3) is 5.29. The van der Waals surface area contributed by atoms with E-state index in [-0.39, 0.29) is 29.1 Å². The molecule has 180 valence electrons. The zero-order chi connectivity index (χ0) is 23.4. The molecule has 4 rings (SSSR count). The van der Waals surface area contributed by atoms with Crippen LogP contribution in [0.5, 0.6) is 0 Å². The van der Waals surface area contributed by atoms with Gasteiger partial charge in [0.1, 0.15) is 10.6 Å². The van der Waals surface area contributed by atoms with Crippen LogP contribution in [-0.2, 0) is 19.6 Å². The Bertz CT molecular complexity index is 1030. The number of nitrogens with one attached hydrogen (secondary N) is 1. The number of sulfonamides is 1. The van der Waals surface area contributed by atoms with E-state index in [1.807, 2.05) is 18.2 Å². The second kappa shape index (κ2) is 10.3. The van der Waals surface area contributed by atoms with E-state index >= 15 is 0 Å². The van der Waals surface area contributed by atoms with E-state index in [9.17, 15) is 13.2 Å². The van der Waals surface area contributed by atoms with E-state index in [0.29, 0.717) is 44.8 Å². The molecule has 3 heterocycles. The third-order valence-corrected chi connectivity index (χ3v) is 8.57. The van der Waals surface area contributed by atoms with Crippen LogP contribution in [-0.4, -0.2) is 74.6 Å². The maximum absolute atomic E-state index is 13.2. The zero-order valence-corrected chi connectivity index (χ0v) is 20.0. The van der Waals surface area contributed by atoms with Crippen molar-refractivity contribution in [2.45, 2.75) is 37.6 Å². The molecule has 0 aliphatic carbocycles. The molecule has 1 aromatic carbocycles. The van der Waals surface area contributed by atoms with Gasteiger partial charge >= 0.3 is 0 Å². The third-order valence-electron chi connectivity index (χ3n) is 6.46. The number of aromatic nitrogens is 1. The number of amides is 1. The highest BCUT2D eigenvalue weighted by atomic mass is 32.2. The first-order valence-electron chi connectivity index (χ1n) is 11.5. The first kappa shape index (κ1) is 23.9. The molecule has 2 aromatic rings. The van der Waals surface area contributed by atoms with E-state index in [1.54, 1.807) is 13.8 Å². The Hall–Kier alpha value is -2.27. The average Bonchev–Trinajstić information content (AvgIpc) is 3.19. The van der Waals surface area contributed by atoms with Crippen LogP contribution in [0, 0.1) is 19.8 Å². The highest BCUT2D eigenvalue weighted by molar-refractivity contribution is 7.89. The number of ether oxygens (including phenoxy) is 1. The average molecular weight is 477 g/mol. The van der Waals surface area contributed by atoms with E-state index in [1.165, 1.54) is 4.31 Å². The maximum atomic E-state index is 13.2. The summed E-state index contributed by atoms with van der Waals surface area (Å²) in [5, 5.41) is 6.88. The number of piperidine rings is 1. The van der Waals surface area contributed by atoms with Crippen molar-refractivity contribution in [2.75, 3.05) is 45.9 Å². The fourth-order valence-corrected chi connectivity index (χ4v) is 6.53. The van der Waals surface area contributed by atoms with Crippen LogP contribution in [0.2, 0.25) is 0 Å². The van der Waals surface area contributed by atoms with E-state index < -0.39 is 15.9 Å². The van der Waals surface area contributed by atoms with Crippen LogP contribution >= 0.6 is 0 Å². The molecule has 2 aliphatic rings. The summed E-state index contributed by atoms with van der Waals surface area (Å²) in [6.45, 7) is 7.19. The van der Waals surface area contributed by atoms with Crippen LogP contribution in [0.1, 0.15) is 35.9 Å². The number of hydrogen-bond donors (Lipinski definition) is 1. The molecule has 9 nitrogen and oxygen atoms in total. The molecule has 2 atom stereocenters. The summed E-state index contributed by atoms with van der Waals surface area (Å²) in [6, 6.07) is 10.2. The van der Waals surface area contributed by atoms with Crippen molar-refractivity contribution < 1.29 is 22.5 Å². The lowest BCUT2D eigenvalue weighted by Gasteiger charge is -2.36. The van der Waals surface area contributed by atoms with Crippen molar-refractivity contribution in [3.63, 3.8) is 0 Å². The number of rotatable bonds is 7. The normalized spacial score (nSPS) is 21.6. The van der Waals surface area contributed by atoms with Gasteiger partial charge in [0, 0.05) is 32.7 Å². The van der Waals surface area contributed by atoms with Gasteiger partial charge in [-0.3, -0.25) is 9.69 Å². The summed E-state index contributed by atoms with van der Waals surface area (Å²) in [4.78, 5) is 15.5. The SMILES string of the molecule is Cc1noc(C)c1S(=O)(=O)N1CCCC(C(=O)NCC(c2ccccc2)N2CCOCC2)C1. The Balaban J connectivity index is 1.43. The van der Waals surface area contributed by atoms with Crippen molar-refractivity contribution in [1.82, 2.24) is 19.7 Å². The summed E-state index contributed by atoms with van der Waals surface area (Å²) < 4.78 is 38.3. The van der Waals surface area contributed by atoms with Gasteiger partial charge < -0.3 is 14.6 Å². The van der Waals surface area contributed by atoms with Crippen molar-refractivity contribution in [3.8, 4) is 0 Å². The number of hydrogen-bond acceptors (Lipinski definition) is 7. The van der Waals surface area contributed by atoms with Crippen LogP contribution in [0.25, 0.3) is 0 Å². The number of nitrogens with zero attached hydrogens (tertiary/aromatic N) is 3. The van der Waals surface area contributed by atoms with Crippen molar-refractivity contribution in [3.05, 3.63) is 47.3 Å². The molecule has 2 aliphatic heterocycles. The minimum Gasteiger partial charge on any atom is -0.379 e. The van der Waals surface area contributed by atoms with E-state index in [2.05, 4.69) is 27.5 Å². The topological polar surface area (TPSA) is 105 Å². The maximum Gasteiger partial charge on any atom is 0.248 e. The van der Waals surface area contributed by atoms with Gasteiger partial charge in [-0.05, 0) is 32.3 Å². The largest absolute Gasteiger partial charge is 0.379 e. The lowest BCUT2D eigenvalue weighted by Crippen LogP contribution is -2.48. The predicted octanol–water partition coefficient (Wildman–Crippen LogP) is 1.88. The molecule has 0 saturated carbocycles. The second-order valence-corrected chi connectivity index (χ2v) is 10.6. The number of benzene rings is 1. The summed E-state index contributed by atoms with van der Waals surface area (Å²) in [5.74, 6) is -0.228. The number of morpholine rings is 1. The number of carbonyl (C=O) groups excluding carboxylic acids is 1. The Labute approximate surface area is 195 Å². The summed E-state index contributed by atoms with van der Waals surface area (Å²) in [6.07, 6.45) is 1.29. The number of aryl methyl sites for hydroxylation is 2. The first-order chi connectivity index (χ1) is 15.9. The lowest BCUT2D eigenvalue weighted by atomic mass is 9.98. The van der Waals surface area contributed by atoms with Gasteiger partial charge in [-0.15, -0.1) is 0 Å².